The summed E-state index contributed by atoms with van der Waals surface area (Å²) < 4.78 is 2.89. The molecule has 2 aromatic heterocycles. The number of amides is 1. The van der Waals surface area contributed by atoms with Crippen LogP contribution < -0.4 is 5.32 Å². The SMILES string of the molecule is Cc1ccccc1Cn1nnc2cc(C(=O)Nc3nc4ccccc4s3)ccc21. The van der Waals surface area contributed by atoms with E-state index in [4.69, 9.17) is 0 Å². The van der Waals surface area contributed by atoms with E-state index >= 15 is 0 Å². The van der Waals surface area contributed by atoms with Gasteiger partial charge in [0.15, 0.2) is 5.13 Å². The second kappa shape index (κ2) is 7.10. The minimum atomic E-state index is -0.209. The monoisotopic (exact) mass is 399 g/mol. The highest BCUT2D eigenvalue weighted by atomic mass is 32.1. The number of anilines is 1. The molecule has 0 spiro atoms. The van der Waals surface area contributed by atoms with Crippen LogP contribution in [0.2, 0.25) is 0 Å². The van der Waals surface area contributed by atoms with Gasteiger partial charge in [-0.15, -0.1) is 5.10 Å². The minimum Gasteiger partial charge on any atom is -0.298 e. The Morgan fingerprint density at radius 2 is 1.86 bits per heavy atom. The van der Waals surface area contributed by atoms with E-state index in [-0.39, 0.29) is 5.91 Å². The third-order valence-corrected chi connectivity index (χ3v) is 5.82. The van der Waals surface area contributed by atoms with Gasteiger partial charge in [0.1, 0.15) is 5.52 Å². The molecular formula is C22H17N5OS. The van der Waals surface area contributed by atoms with Crippen molar-refractivity contribution in [2.24, 2.45) is 0 Å². The molecule has 7 heteroatoms. The van der Waals surface area contributed by atoms with Crippen LogP contribution in [0.3, 0.4) is 0 Å². The normalized spacial score (nSPS) is 11.2. The van der Waals surface area contributed by atoms with E-state index in [2.05, 4.69) is 39.7 Å². The second-order valence-corrected chi connectivity index (χ2v) is 7.85. The molecule has 3 aromatic carbocycles. The lowest BCUT2D eigenvalue weighted by Gasteiger charge is -2.06. The van der Waals surface area contributed by atoms with Gasteiger partial charge in [0.05, 0.1) is 22.3 Å². The first-order valence-corrected chi connectivity index (χ1v) is 10.0. The van der Waals surface area contributed by atoms with Gasteiger partial charge in [-0.05, 0) is 48.4 Å². The summed E-state index contributed by atoms with van der Waals surface area (Å²) >= 11 is 1.46. The summed E-state index contributed by atoms with van der Waals surface area (Å²) in [7, 11) is 0. The van der Waals surface area contributed by atoms with Crippen LogP contribution in [0.15, 0.2) is 66.7 Å². The smallest absolute Gasteiger partial charge is 0.257 e. The van der Waals surface area contributed by atoms with Crippen LogP contribution in [-0.4, -0.2) is 25.9 Å². The first-order valence-electron chi connectivity index (χ1n) is 9.22. The number of hydrogen-bond donors (Lipinski definition) is 1. The molecule has 2 heterocycles. The summed E-state index contributed by atoms with van der Waals surface area (Å²) in [5.41, 5.74) is 5.39. The van der Waals surface area contributed by atoms with Gasteiger partial charge >= 0.3 is 0 Å². The molecule has 0 aliphatic heterocycles. The molecule has 1 amide bonds. The summed E-state index contributed by atoms with van der Waals surface area (Å²) in [5, 5.41) is 12.0. The minimum absolute atomic E-state index is 0.209. The zero-order chi connectivity index (χ0) is 19.8. The average Bonchev–Trinajstić information content (AvgIpc) is 3.32. The zero-order valence-electron chi connectivity index (χ0n) is 15.7. The molecule has 0 fully saturated rings. The van der Waals surface area contributed by atoms with Crippen molar-refractivity contribution >= 4 is 43.6 Å². The predicted molar refractivity (Wildman–Crippen MR) is 115 cm³/mol. The third kappa shape index (κ3) is 3.36. The van der Waals surface area contributed by atoms with Crippen LogP contribution >= 0.6 is 11.3 Å². The Morgan fingerprint density at radius 3 is 2.72 bits per heavy atom. The maximum absolute atomic E-state index is 12.7. The molecule has 0 saturated heterocycles. The number of thiazole rings is 1. The quantitative estimate of drug-likeness (QED) is 0.477. The van der Waals surface area contributed by atoms with Gasteiger partial charge in [0.2, 0.25) is 0 Å². The van der Waals surface area contributed by atoms with E-state index in [1.165, 1.54) is 22.5 Å². The van der Waals surface area contributed by atoms with Crippen LogP contribution in [0.5, 0.6) is 0 Å². The van der Waals surface area contributed by atoms with Crippen molar-refractivity contribution in [1.29, 1.82) is 0 Å². The molecule has 29 heavy (non-hydrogen) atoms. The van der Waals surface area contributed by atoms with Crippen LogP contribution in [0.1, 0.15) is 21.5 Å². The molecule has 142 valence electrons. The van der Waals surface area contributed by atoms with Crippen LogP contribution in [0.4, 0.5) is 5.13 Å². The zero-order valence-corrected chi connectivity index (χ0v) is 16.5. The number of nitrogens with zero attached hydrogens (tertiary/aromatic N) is 4. The fraction of sp³-hybridized carbons (Fsp3) is 0.0909. The molecule has 0 unspecified atom stereocenters. The highest BCUT2D eigenvalue weighted by molar-refractivity contribution is 7.22. The van der Waals surface area contributed by atoms with Crippen molar-refractivity contribution in [3.8, 4) is 0 Å². The molecule has 6 nitrogen and oxygen atoms in total. The molecule has 0 radical (unpaired) electrons. The van der Waals surface area contributed by atoms with E-state index in [9.17, 15) is 4.79 Å². The van der Waals surface area contributed by atoms with Crippen LogP contribution in [0, 0.1) is 6.92 Å². The lowest BCUT2D eigenvalue weighted by Crippen LogP contribution is -2.11. The number of rotatable bonds is 4. The number of hydrogen-bond acceptors (Lipinski definition) is 5. The van der Waals surface area contributed by atoms with Crippen molar-refractivity contribution in [2.75, 3.05) is 5.32 Å². The molecule has 5 rings (SSSR count). The largest absolute Gasteiger partial charge is 0.298 e. The number of nitrogens with one attached hydrogen (secondary N) is 1. The fourth-order valence-electron chi connectivity index (χ4n) is 3.27. The summed E-state index contributed by atoms with van der Waals surface area (Å²) in [5.74, 6) is -0.209. The van der Waals surface area contributed by atoms with Gasteiger partial charge in [0, 0.05) is 5.56 Å². The van der Waals surface area contributed by atoms with E-state index in [0.29, 0.717) is 22.8 Å². The van der Waals surface area contributed by atoms with Crippen molar-refractivity contribution < 1.29 is 4.79 Å². The summed E-state index contributed by atoms with van der Waals surface area (Å²) in [6.45, 7) is 2.72. The highest BCUT2D eigenvalue weighted by Gasteiger charge is 2.13. The second-order valence-electron chi connectivity index (χ2n) is 6.82. The van der Waals surface area contributed by atoms with Gasteiger partial charge < -0.3 is 0 Å². The standard InChI is InChI=1S/C22H17N5OS/c1-14-6-2-3-7-16(14)13-27-19-11-10-15(12-18(19)25-26-27)21(28)24-22-23-17-8-4-5-9-20(17)29-22/h2-12H,13H2,1H3,(H,23,24,28). The molecule has 0 aliphatic carbocycles. The number of carbonyl (C=O) groups excluding carboxylic acids is 1. The van der Waals surface area contributed by atoms with Gasteiger partial charge in [-0.3, -0.25) is 10.1 Å². The van der Waals surface area contributed by atoms with Crippen molar-refractivity contribution in [1.82, 2.24) is 20.0 Å². The van der Waals surface area contributed by atoms with Crippen LogP contribution in [-0.2, 0) is 6.54 Å². The van der Waals surface area contributed by atoms with E-state index in [1.807, 2.05) is 47.1 Å². The van der Waals surface area contributed by atoms with Crippen LogP contribution in [0.25, 0.3) is 21.3 Å². The Balaban J connectivity index is 1.40. The van der Waals surface area contributed by atoms with E-state index in [0.717, 1.165) is 15.7 Å². The van der Waals surface area contributed by atoms with E-state index < -0.39 is 0 Å². The maximum atomic E-state index is 12.7. The summed E-state index contributed by atoms with van der Waals surface area (Å²) in [6.07, 6.45) is 0. The van der Waals surface area contributed by atoms with Gasteiger partial charge in [0.25, 0.3) is 5.91 Å². The van der Waals surface area contributed by atoms with Gasteiger partial charge in [-0.1, -0.05) is 52.9 Å². The maximum Gasteiger partial charge on any atom is 0.257 e. The summed E-state index contributed by atoms with van der Waals surface area (Å²) in [4.78, 5) is 17.1. The fourth-order valence-corrected chi connectivity index (χ4v) is 4.13. The number of fused-ring (bicyclic) bond motifs is 2. The number of aryl methyl sites for hydroxylation is 1. The third-order valence-electron chi connectivity index (χ3n) is 4.87. The van der Waals surface area contributed by atoms with Gasteiger partial charge in [-0.25, -0.2) is 9.67 Å². The average molecular weight is 399 g/mol. The number of carbonyl (C=O) groups is 1. The topological polar surface area (TPSA) is 72.7 Å². The first-order chi connectivity index (χ1) is 14.2. The van der Waals surface area contributed by atoms with Gasteiger partial charge in [-0.2, -0.15) is 0 Å². The molecular weight excluding hydrogens is 382 g/mol. The van der Waals surface area contributed by atoms with Crippen molar-refractivity contribution in [3.05, 3.63) is 83.4 Å². The number of benzene rings is 3. The molecule has 1 N–H and O–H groups in total. The molecule has 5 aromatic rings. The Morgan fingerprint density at radius 1 is 1.03 bits per heavy atom. The highest BCUT2D eigenvalue weighted by Crippen LogP contribution is 2.26. The number of aromatic nitrogens is 4. The molecule has 0 bridgehead atoms. The molecule has 0 aliphatic rings. The Kier molecular flexibility index (Phi) is 4.29. The Bertz CT molecular complexity index is 1320. The van der Waals surface area contributed by atoms with Crippen molar-refractivity contribution in [2.45, 2.75) is 13.5 Å². The lowest BCUT2D eigenvalue weighted by molar-refractivity contribution is 0.102. The van der Waals surface area contributed by atoms with E-state index in [1.54, 1.807) is 12.1 Å². The molecule has 0 saturated carbocycles. The lowest BCUT2D eigenvalue weighted by atomic mass is 10.1. The summed E-state index contributed by atoms with van der Waals surface area (Å²) in [6, 6.07) is 21.5. The van der Waals surface area contributed by atoms with Crippen molar-refractivity contribution in [3.63, 3.8) is 0 Å². The molecule has 0 atom stereocenters. The predicted octanol–water partition coefficient (Wildman–Crippen LogP) is 4.65. The Hall–Kier alpha value is -3.58. The number of para-hydroxylation sites is 1. The first kappa shape index (κ1) is 17.5. The Labute approximate surface area is 170 Å².